The van der Waals surface area contributed by atoms with Crippen LogP contribution in [0.25, 0.3) is 0 Å². The third kappa shape index (κ3) is 2.26. The van der Waals surface area contributed by atoms with Crippen LogP contribution in [0.2, 0.25) is 0 Å². The van der Waals surface area contributed by atoms with Crippen LogP contribution in [0.3, 0.4) is 0 Å². The Labute approximate surface area is 100 Å². The molecule has 1 aliphatic carbocycles. The van der Waals surface area contributed by atoms with Gasteiger partial charge in [-0.1, -0.05) is 19.3 Å². The van der Waals surface area contributed by atoms with E-state index in [-0.39, 0.29) is 16.5 Å². The summed E-state index contributed by atoms with van der Waals surface area (Å²) in [6.07, 6.45) is 6.38. The quantitative estimate of drug-likeness (QED) is 0.550. The van der Waals surface area contributed by atoms with Gasteiger partial charge in [0, 0.05) is 11.2 Å². The summed E-state index contributed by atoms with van der Waals surface area (Å²) >= 11 is 1.57. The second-order valence-corrected chi connectivity index (χ2v) is 6.21. The van der Waals surface area contributed by atoms with E-state index in [0.29, 0.717) is 13.0 Å². The molecule has 1 saturated carbocycles. The van der Waals surface area contributed by atoms with Crippen molar-refractivity contribution in [3.8, 4) is 0 Å². The van der Waals surface area contributed by atoms with Gasteiger partial charge in [0.05, 0.1) is 6.61 Å². The van der Waals surface area contributed by atoms with E-state index in [1.165, 1.54) is 19.3 Å². The van der Waals surface area contributed by atoms with E-state index in [0.717, 1.165) is 12.8 Å². The summed E-state index contributed by atoms with van der Waals surface area (Å²) in [6, 6.07) is 0. The lowest BCUT2D eigenvalue weighted by Crippen LogP contribution is -2.25. The summed E-state index contributed by atoms with van der Waals surface area (Å²) in [5.74, 6) is -0.259. The Morgan fingerprint density at radius 1 is 1.44 bits per heavy atom. The maximum absolute atomic E-state index is 11.8. The number of carbonyl (C=O) groups excluding carboxylic acids is 2. The van der Waals surface area contributed by atoms with Crippen LogP contribution in [-0.2, 0) is 14.3 Å². The molecule has 2 fully saturated rings. The maximum Gasteiger partial charge on any atom is 0.326 e. The highest BCUT2D eigenvalue weighted by molar-refractivity contribution is 8.03. The van der Waals surface area contributed by atoms with Gasteiger partial charge in [0.2, 0.25) is 0 Å². The van der Waals surface area contributed by atoms with E-state index >= 15 is 0 Å². The van der Waals surface area contributed by atoms with E-state index < -0.39 is 5.25 Å². The fourth-order valence-electron chi connectivity index (χ4n) is 2.66. The molecule has 1 spiro atoms. The van der Waals surface area contributed by atoms with E-state index in [2.05, 4.69) is 0 Å². The first-order valence-corrected chi connectivity index (χ1v) is 6.92. The van der Waals surface area contributed by atoms with Gasteiger partial charge >= 0.3 is 5.97 Å². The number of ketones is 1. The van der Waals surface area contributed by atoms with Crippen molar-refractivity contribution < 1.29 is 14.3 Å². The molecule has 4 heteroatoms. The van der Waals surface area contributed by atoms with Gasteiger partial charge < -0.3 is 4.74 Å². The number of thioether (sulfide) groups is 1. The minimum atomic E-state index is -0.543. The molecule has 1 aliphatic heterocycles. The predicted molar refractivity (Wildman–Crippen MR) is 63.5 cm³/mol. The lowest BCUT2D eigenvalue weighted by molar-refractivity contribution is -0.144. The Morgan fingerprint density at radius 2 is 2.12 bits per heavy atom. The number of ether oxygens (including phenoxy) is 1. The van der Waals surface area contributed by atoms with Crippen LogP contribution in [0.15, 0.2) is 0 Å². The molecule has 1 atom stereocenters. The van der Waals surface area contributed by atoms with Crippen molar-refractivity contribution in [3.05, 3.63) is 0 Å². The van der Waals surface area contributed by atoms with Crippen LogP contribution in [-0.4, -0.2) is 28.4 Å². The van der Waals surface area contributed by atoms with Gasteiger partial charge in [-0.25, -0.2) is 0 Å². The van der Waals surface area contributed by atoms with Crippen molar-refractivity contribution >= 4 is 23.5 Å². The molecule has 0 aromatic heterocycles. The number of rotatable bonds is 2. The van der Waals surface area contributed by atoms with Crippen LogP contribution in [0.4, 0.5) is 0 Å². The summed E-state index contributed by atoms with van der Waals surface area (Å²) in [5.41, 5.74) is 0. The molecular weight excluding hydrogens is 224 g/mol. The molecule has 1 unspecified atom stereocenters. The summed E-state index contributed by atoms with van der Waals surface area (Å²) < 4.78 is 5.01. The molecule has 0 N–H and O–H groups in total. The SMILES string of the molecule is CCOC(=O)C1SC2(CCCCC2)CC1=O. The van der Waals surface area contributed by atoms with Crippen LogP contribution in [0.1, 0.15) is 45.4 Å². The lowest BCUT2D eigenvalue weighted by Gasteiger charge is -2.31. The Morgan fingerprint density at radius 3 is 2.75 bits per heavy atom. The topological polar surface area (TPSA) is 43.4 Å². The minimum Gasteiger partial charge on any atom is -0.465 e. The molecule has 0 amide bonds. The van der Waals surface area contributed by atoms with Gasteiger partial charge in [0.25, 0.3) is 0 Å². The van der Waals surface area contributed by atoms with Gasteiger partial charge in [-0.05, 0) is 19.8 Å². The summed E-state index contributed by atoms with van der Waals surface area (Å²) in [5, 5.41) is -0.543. The summed E-state index contributed by atoms with van der Waals surface area (Å²) in [7, 11) is 0. The first kappa shape index (κ1) is 12.0. The van der Waals surface area contributed by atoms with Crippen molar-refractivity contribution in [2.45, 2.75) is 55.4 Å². The van der Waals surface area contributed by atoms with Crippen LogP contribution >= 0.6 is 11.8 Å². The highest BCUT2D eigenvalue weighted by Gasteiger charge is 2.49. The Kier molecular flexibility index (Phi) is 3.57. The second-order valence-electron chi connectivity index (χ2n) is 4.64. The van der Waals surface area contributed by atoms with Crippen LogP contribution in [0, 0.1) is 0 Å². The zero-order chi connectivity index (χ0) is 11.6. The smallest absolute Gasteiger partial charge is 0.326 e. The standard InChI is InChI=1S/C12H18O3S/c1-2-15-11(14)10-9(13)8-12(16-10)6-4-3-5-7-12/h10H,2-8H2,1H3. The van der Waals surface area contributed by atoms with Crippen molar-refractivity contribution in [1.29, 1.82) is 0 Å². The van der Waals surface area contributed by atoms with Crippen LogP contribution in [0.5, 0.6) is 0 Å². The molecule has 90 valence electrons. The second kappa shape index (κ2) is 4.78. The lowest BCUT2D eigenvalue weighted by atomic mass is 9.85. The number of hydrogen-bond acceptors (Lipinski definition) is 4. The van der Waals surface area contributed by atoms with Gasteiger partial charge in [0.15, 0.2) is 11.0 Å². The highest BCUT2D eigenvalue weighted by atomic mass is 32.2. The first-order chi connectivity index (χ1) is 7.67. The normalized spacial score (nSPS) is 28.3. The monoisotopic (exact) mass is 242 g/mol. The zero-order valence-corrected chi connectivity index (χ0v) is 10.5. The summed E-state index contributed by atoms with van der Waals surface area (Å²) in [4.78, 5) is 23.5. The molecule has 2 rings (SSSR count). The molecule has 1 saturated heterocycles. The average molecular weight is 242 g/mol. The van der Waals surface area contributed by atoms with E-state index in [1.54, 1.807) is 18.7 Å². The number of esters is 1. The number of carbonyl (C=O) groups is 2. The van der Waals surface area contributed by atoms with Crippen molar-refractivity contribution in [3.63, 3.8) is 0 Å². The van der Waals surface area contributed by atoms with Gasteiger partial charge in [-0.2, -0.15) is 0 Å². The molecule has 16 heavy (non-hydrogen) atoms. The number of Topliss-reactive ketones (excluding diaryl/α,β-unsaturated/α-hetero) is 1. The van der Waals surface area contributed by atoms with Crippen molar-refractivity contribution in [1.82, 2.24) is 0 Å². The molecule has 0 radical (unpaired) electrons. The first-order valence-electron chi connectivity index (χ1n) is 6.04. The maximum atomic E-state index is 11.8. The van der Waals surface area contributed by atoms with E-state index in [9.17, 15) is 9.59 Å². The van der Waals surface area contributed by atoms with Crippen LogP contribution < -0.4 is 0 Å². The van der Waals surface area contributed by atoms with E-state index in [4.69, 9.17) is 4.74 Å². The number of hydrogen-bond donors (Lipinski definition) is 0. The third-order valence-electron chi connectivity index (χ3n) is 3.42. The Balaban J connectivity index is 2.03. The molecular formula is C12H18O3S. The fraction of sp³-hybridized carbons (Fsp3) is 0.833. The van der Waals surface area contributed by atoms with Crippen molar-refractivity contribution in [2.24, 2.45) is 0 Å². The Bertz CT molecular complexity index is 295. The largest absolute Gasteiger partial charge is 0.465 e. The molecule has 2 aliphatic rings. The molecule has 0 aromatic rings. The predicted octanol–water partition coefficient (Wildman–Crippen LogP) is 2.33. The summed E-state index contributed by atoms with van der Waals surface area (Å²) in [6.45, 7) is 2.13. The third-order valence-corrected chi connectivity index (χ3v) is 5.17. The Hall–Kier alpha value is -0.510. The van der Waals surface area contributed by atoms with Gasteiger partial charge in [0.1, 0.15) is 0 Å². The fourth-order valence-corrected chi connectivity index (χ4v) is 4.28. The van der Waals surface area contributed by atoms with Crippen molar-refractivity contribution in [2.75, 3.05) is 6.61 Å². The molecule has 1 heterocycles. The zero-order valence-electron chi connectivity index (χ0n) is 9.66. The van der Waals surface area contributed by atoms with Gasteiger partial charge in [-0.15, -0.1) is 11.8 Å². The molecule has 3 nitrogen and oxygen atoms in total. The van der Waals surface area contributed by atoms with E-state index in [1.807, 2.05) is 0 Å². The highest BCUT2D eigenvalue weighted by Crippen LogP contribution is 2.50. The average Bonchev–Trinajstić information content (AvgIpc) is 2.57. The molecule has 0 aromatic carbocycles. The minimum absolute atomic E-state index is 0.0623. The van der Waals surface area contributed by atoms with Gasteiger partial charge in [-0.3, -0.25) is 9.59 Å². The molecule has 0 bridgehead atoms.